The van der Waals surface area contributed by atoms with E-state index in [0.29, 0.717) is 13.1 Å². The number of hydrogen-bond acceptors (Lipinski definition) is 5. The second kappa shape index (κ2) is 8.26. The molecule has 1 unspecified atom stereocenters. The van der Waals surface area contributed by atoms with Crippen LogP contribution in [0.25, 0.3) is 10.8 Å². The highest BCUT2D eigenvalue weighted by Crippen LogP contribution is 2.22. The predicted octanol–water partition coefficient (Wildman–Crippen LogP) is 3.25. The van der Waals surface area contributed by atoms with Gasteiger partial charge in [0.2, 0.25) is 15.0 Å². The van der Waals surface area contributed by atoms with Crippen LogP contribution in [-0.4, -0.2) is 48.9 Å². The molecule has 0 saturated carbocycles. The van der Waals surface area contributed by atoms with Gasteiger partial charge in [0.25, 0.3) is 0 Å². The number of benzene rings is 2. The Balaban J connectivity index is 1.57. The van der Waals surface area contributed by atoms with Crippen molar-refractivity contribution in [1.29, 1.82) is 0 Å². The first-order valence-electron chi connectivity index (χ1n) is 9.93. The highest BCUT2D eigenvalue weighted by atomic mass is 32.2. The van der Waals surface area contributed by atoms with Gasteiger partial charge in [-0.05, 0) is 36.2 Å². The quantitative estimate of drug-likeness (QED) is 0.595. The number of rotatable bonds is 7. The molecule has 0 N–H and O–H groups in total. The van der Waals surface area contributed by atoms with Gasteiger partial charge in [0, 0.05) is 26.0 Å². The zero-order valence-corrected chi connectivity index (χ0v) is 17.7. The molecule has 1 aliphatic heterocycles. The summed E-state index contributed by atoms with van der Waals surface area (Å²) in [7, 11) is -1.35. The van der Waals surface area contributed by atoms with E-state index < -0.39 is 9.84 Å². The fraction of sp³-hybridized carbons (Fsp3) is 0.409. The van der Waals surface area contributed by atoms with Gasteiger partial charge in [-0.15, -0.1) is 0 Å². The minimum absolute atomic E-state index is 0.0480. The smallest absolute Gasteiger partial charge is 0.227 e. The first kappa shape index (κ1) is 20.1. The minimum atomic E-state index is -3.40. The Bertz CT molecular complexity index is 1100. The summed E-state index contributed by atoms with van der Waals surface area (Å²) in [6, 6.07) is 14.7. The molecule has 0 spiro atoms. The van der Waals surface area contributed by atoms with Crippen molar-refractivity contribution in [3.05, 3.63) is 59.9 Å². The maximum atomic E-state index is 12.2. The maximum Gasteiger partial charge on any atom is 0.227 e. The third kappa shape index (κ3) is 4.52. The van der Waals surface area contributed by atoms with Crippen LogP contribution in [0.5, 0.6) is 0 Å². The second-order valence-electron chi connectivity index (χ2n) is 7.86. The first-order chi connectivity index (χ1) is 13.9. The van der Waals surface area contributed by atoms with E-state index in [1.807, 2.05) is 17.7 Å². The van der Waals surface area contributed by atoms with Crippen molar-refractivity contribution in [3.63, 3.8) is 0 Å². The summed E-state index contributed by atoms with van der Waals surface area (Å²) >= 11 is 0. The molecule has 1 aromatic heterocycles. The third-order valence-electron chi connectivity index (χ3n) is 5.40. The van der Waals surface area contributed by atoms with Gasteiger partial charge in [-0.3, -0.25) is 4.90 Å². The van der Waals surface area contributed by atoms with Gasteiger partial charge in [-0.1, -0.05) is 42.5 Å². The summed E-state index contributed by atoms with van der Waals surface area (Å²) < 4.78 is 32.0. The van der Waals surface area contributed by atoms with Crippen LogP contribution < -0.4 is 0 Å². The highest BCUT2D eigenvalue weighted by molar-refractivity contribution is 7.90. The van der Waals surface area contributed by atoms with Crippen LogP contribution in [0, 0.1) is 0 Å². The number of nitrogens with zero attached hydrogens (tertiary/aromatic N) is 3. The van der Waals surface area contributed by atoms with Gasteiger partial charge in [0.1, 0.15) is 0 Å². The van der Waals surface area contributed by atoms with Crippen LogP contribution in [0.4, 0.5) is 0 Å². The number of sulfone groups is 1. The molecule has 0 amide bonds. The zero-order chi connectivity index (χ0) is 20.4. The Morgan fingerprint density at radius 3 is 2.72 bits per heavy atom. The van der Waals surface area contributed by atoms with E-state index >= 15 is 0 Å². The molecular formula is C22H27N3O3S. The SMILES string of the molecule is CN(Cc1cccc2ccccc12)Cc1cnc(S(C)(=O)=O)n1CC1CCCO1. The Morgan fingerprint density at radius 2 is 1.97 bits per heavy atom. The summed E-state index contributed by atoms with van der Waals surface area (Å²) in [5.74, 6) is 0. The highest BCUT2D eigenvalue weighted by Gasteiger charge is 2.24. The third-order valence-corrected chi connectivity index (χ3v) is 6.38. The average Bonchev–Trinajstić information content (AvgIpc) is 3.33. The monoisotopic (exact) mass is 413 g/mol. The van der Waals surface area contributed by atoms with Crippen molar-refractivity contribution in [2.45, 2.75) is 43.7 Å². The van der Waals surface area contributed by atoms with Crippen molar-refractivity contribution < 1.29 is 13.2 Å². The number of hydrogen-bond donors (Lipinski definition) is 0. The largest absolute Gasteiger partial charge is 0.376 e. The Hall–Kier alpha value is -2.22. The Kier molecular flexibility index (Phi) is 5.72. The van der Waals surface area contributed by atoms with Crippen LogP contribution in [-0.2, 0) is 34.2 Å². The molecule has 3 aromatic rings. The summed E-state index contributed by atoms with van der Waals surface area (Å²) in [6.45, 7) is 2.64. The molecule has 29 heavy (non-hydrogen) atoms. The summed E-state index contributed by atoms with van der Waals surface area (Å²) in [5, 5.41) is 2.59. The molecule has 4 rings (SSSR count). The van der Waals surface area contributed by atoms with E-state index in [-0.39, 0.29) is 11.3 Å². The molecule has 0 aliphatic carbocycles. The fourth-order valence-electron chi connectivity index (χ4n) is 4.05. The van der Waals surface area contributed by atoms with Crippen molar-refractivity contribution >= 4 is 20.6 Å². The zero-order valence-electron chi connectivity index (χ0n) is 16.9. The van der Waals surface area contributed by atoms with Gasteiger partial charge in [-0.2, -0.15) is 0 Å². The number of aromatic nitrogens is 2. The summed E-state index contributed by atoms with van der Waals surface area (Å²) in [5.41, 5.74) is 2.14. The lowest BCUT2D eigenvalue weighted by Crippen LogP contribution is -2.24. The van der Waals surface area contributed by atoms with Crippen LogP contribution in [0.3, 0.4) is 0 Å². The maximum absolute atomic E-state index is 12.2. The van der Waals surface area contributed by atoms with Gasteiger partial charge in [0.05, 0.1) is 24.5 Å². The molecule has 154 valence electrons. The van der Waals surface area contributed by atoms with Crippen LogP contribution >= 0.6 is 0 Å². The second-order valence-corrected chi connectivity index (χ2v) is 9.77. The van der Waals surface area contributed by atoms with E-state index in [2.05, 4.69) is 46.3 Å². The van der Waals surface area contributed by atoms with Crippen LogP contribution in [0.15, 0.2) is 53.8 Å². The number of imidazole rings is 1. The number of ether oxygens (including phenoxy) is 1. The van der Waals surface area contributed by atoms with Gasteiger partial charge >= 0.3 is 0 Å². The normalized spacial score (nSPS) is 17.4. The fourth-order valence-corrected chi connectivity index (χ4v) is 4.89. The average molecular weight is 414 g/mol. The molecule has 6 nitrogen and oxygen atoms in total. The molecule has 1 aliphatic rings. The van der Waals surface area contributed by atoms with Gasteiger partial charge < -0.3 is 9.30 Å². The molecule has 0 bridgehead atoms. The molecule has 2 aromatic carbocycles. The molecule has 7 heteroatoms. The van der Waals surface area contributed by atoms with Crippen molar-refractivity contribution in [3.8, 4) is 0 Å². The molecular weight excluding hydrogens is 386 g/mol. The topological polar surface area (TPSA) is 64.4 Å². The van der Waals surface area contributed by atoms with Gasteiger partial charge in [-0.25, -0.2) is 13.4 Å². The van der Waals surface area contributed by atoms with Gasteiger partial charge in [0.15, 0.2) is 0 Å². The van der Waals surface area contributed by atoms with Crippen molar-refractivity contribution in [2.24, 2.45) is 0 Å². The van der Waals surface area contributed by atoms with Crippen LogP contribution in [0.1, 0.15) is 24.1 Å². The Morgan fingerprint density at radius 1 is 1.17 bits per heavy atom. The summed E-state index contributed by atoms with van der Waals surface area (Å²) in [6.07, 6.45) is 4.92. The van der Waals surface area contributed by atoms with E-state index in [1.54, 1.807) is 6.20 Å². The predicted molar refractivity (Wildman–Crippen MR) is 113 cm³/mol. The lowest BCUT2D eigenvalue weighted by atomic mass is 10.0. The molecule has 1 fully saturated rings. The lowest BCUT2D eigenvalue weighted by molar-refractivity contribution is 0.0934. The molecule has 1 atom stereocenters. The van der Waals surface area contributed by atoms with E-state index in [1.165, 1.54) is 22.6 Å². The van der Waals surface area contributed by atoms with E-state index in [4.69, 9.17) is 4.74 Å². The lowest BCUT2D eigenvalue weighted by Gasteiger charge is -2.21. The molecule has 1 saturated heterocycles. The first-order valence-corrected chi connectivity index (χ1v) is 11.8. The molecule has 2 heterocycles. The van der Waals surface area contributed by atoms with E-state index in [0.717, 1.165) is 31.7 Å². The standard InChI is InChI=1S/C22H27N3O3S/c1-24(14-18-9-5-8-17-7-3-4-11-21(17)18)15-19-13-23-22(29(2,26)27)25(19)16-20-10-6-12-28-20/h3-5,7-9,11,13,20H,6,10,12,14-16H2,1-2H3. The number of fused-ring (bicyclic) bond motifs is 1. The summed E-state index contributed by atoms with van der Waals surface area (Å²) in [4.78, 5) is 6.42. The van der Waals surface area contributed by atoms with Crippen molar-refractivity contribution in [1.82, 2.24) is 14.5 Å². The van der Waals surface area contributed by atoms with Crippen LogP contribution in [0.2, 0.25) is 0 Å². The van der Waals surface area contributed by atoms with Crippen molar-refractivity contribution in [2.75, 3.05) is 19.9 Å². The molecule has 0 radical (unpaired) electrons. The van der Waals surface area contributed by atoms with E-state index in [9.17, 15) is 8.42 Å². The Labute approximate surface area is 172 Å². The minimum Gasteiger partial charge on any atom is -0.376 e.